The van der Waals surface area contributed by atoms with Crippen LogP contribution >= 0.6 is 11.3 Å². The normalized spacial score (nSPS) is 17.9. The molecule has 0 unspecified atom stereocenters. The molecule has 2 fully saturated rings. The fraction of sp³-hybridized carbons (Fsp3) is 0.471. The fourth-order valence-electron chi connectivity index (χ4n) is 3.06. The zero-order valence-electron chi connectivity index (χ0n) is 13.6. The summed E-state index contributed by atoms with van der Waals surface area (Å²) in [5, 5.41) is 2.04. The van der Waals surface area contributed by atoms with Crippen molar-refractivity contribution >= 4 is 23.2 Å². The number of hydrogen-bond donors (Lipinski definition) is 0. The van der Waals surface area contributed by atoms with Crippen LogP contribution in [0, 0.1) is 0 Å². The summed E-state index contributed by atoms with van der Waals surface area (Å²) in [4.78, 5) is 26.5. The third-order valence-electron chi connectivity index (χ3n) is 4.58. The van der Waals surface area contributed by atoms with E-state index in [0.29, 0.717) is 30.8 Å². The first-order chi connectivity index (χ1) is 11.8. The Morgan fingerprint density at radius 3 is 2.75 bits per heavy atom. The number of rotatable bonds is 4. The average molecular weight is 344 g/mol. The zero-order valence-corrected chi connectivity index (χ0v) is 14.5. The van der Waals surface area contributed by atoms with Crippen molar-refractivity contribution in [3.8, 4) is 5.88 Å². The topological polar surface area (TPSA) is 58.6 Å². The van der Waals surface area contributed by atoms with Crippen molar-refractivity contribution in [1.29, 1.82) is 0 Å². The molecule has 126 valence electrons. The predicted molar refractivity (Wildman–Crippen MR) is 93.0 cm³/mol. The number of carbonyl (C=O) groups excluding carboxylic acids is 1. The number of thiophene rings is 1. The van der Waals surface area contributed by atoms with Gasteiger partial charge >= 0.3 is 0 Å². The molecule has 0 bridgehead atoms. The molecule has 1 saturated carbocycles. The van der Waals surface area contributed by atoms with Crippen molar-refractivity contribution < 1.29 is 9.53 Å². The van der Waals surface area contributed by atoms with E-state index in [1.165, 1.54) is 18.4 Å². The van der Waals surface area contributed by atoms with Gasteiger partial charge in [-0.3, -0.25) is 4.79 Å². The summed E-state index contributed by atoms with van der Waals surface area (Å²) in [5.41, 5.74) is 1.25. The molecule has 1 saturated heterocycles. The molecular formula is C17H20N4O2S. The molecule has 2 aliphatic rings. The lowest BCUT2D eigenvalue weighted by Crippen LogP contribution is -2.49. The monoisotopic (exact) mass is 344 g/mol. The highest BCUT2D eigenvalue weighted by Crippen LogP contribution is 2.43. The van der Waals surface area contributed by atoms with Gasteiger partial charge in [-0.2, -0.15) is 4.98 Å². The summed E-state index contributed by atoms with van der Waals surface area (Å²) in [6.07, 6.45) is 4.14. The van der Waals surface area contributed by atoms with Gasteiger partial charge in [0.2, 0.25) is 11.8 Å². The minimum Gasteiger partial charge on any atom is -0.481 e. The summed E-state index contributed by atoms with van der Waals surface area (Å²) in [6.45, 7) is 2.87. The van der Waals surface area contributed by atoms with Crippen molar-refractivity contribution in [2.24, 2.45) is 0 Å². The second-order valence-corrected chi connectivity index (χ2v) is 7.07. The van der Waals surface area contributed by atoms with Gasteiger partial charge in [0.05, 0.1) is 12.0 Å². The molecule has 0 atom stereocenters. The summed E-state index contributed by atoms with van der Waals surface area (Å²) >= 11 is 1.58. The lowest BCUT2D eigenvalue weighted by molar-refractivity contribution is 0.0750. The van der Waals surface area contributed by atoms with Crippen LogP contribution in [-0.2, 0) is 0 Å². The molecule has 7 heteroatoms. The maximum absolute atomic E-state index is 12.8. The van der Waals surface area contributed by atoms with Crippen LogP contribution < -0.4 is 9.64 Å². The molecule has 1 amide bonds. The van der Waals surface area contributed by atoms with Gasteiger partial charge in [0.15, 0.2) is 0 Å². The van der Waals surface area contributed by atoms with E-state index in [1.807, 2.05) is 10.3 Å². The fourth-order valence-corrected chi connectivity index (χ4v) is 4.01. The Morgan fingerprint density at radius 2 is 2.04 bits per heavy atom. The molecule has 0 aromatic carbocycles. The number of carbonyl (C=O) groups is 1. The molecule has 6 nitrogen and oxygen atoms in total. The van der Waals surface area contributed by atoms with Crippen LogP contribution in [0.3, 0.4) is 0 Å². The third-order valence-corrected chi connectivity index (χ3v) is 5.50. The van der Waals surface area contributed by atoms with E-state index in [9.17, 15) is 4.79 Å². The number of aromatic nitrogens is 2. The summed E-state index contributed by atoms with van der Waals surface area (Å²) in [5.74, 6) is 2.02. The van der Waals surface area contributed by atoms with Gasteiger partial charge in [-0.25, -0.2) is 4.98 Å². The maximum Gasteiger partial charge on any atom is 0.264 e. The molecule has 1 aliphatic heterocycles. The lowest BCUT2D eigenvalue weighted by Gasteiger charge is -2.34. The Morgan fingerprint density at radius 1 is 1.25 bits per heavy atom. The van der Waals surface area contributed by atoms with Crippen LogP contribution in [0.15, 0.2) is 23.7 Å². The number of hydrogen-bond acceptors (Lipinski definition) is 6. The third kappa shape index (κ3) is 2.96. The SMILES string of the molecule is COc1ccnc(N2CCN(C(=O)c3sccc3C3CC3)CC2)n1. The Hall–Kier alpha value is -2.15. The lowest BCUT2D eigenvalue weighted by atomic mass is 10.1. The highest BCUT2D eigenvalue weighted by molar-refractivity contribution is 7.12. The first-order valence-electron chi connectivity index (χ1n) is 8.25. The van der Waals surface area contributed by atoms with Gasteiger partial charge in [-0.05, 0) is 35.8 Å². The second-order valence-electron chi connectivity index (χ2n) is 6.16. The van der Waals surface area contributed by atoms with Gasteiger partial charge in [0.1, 0.15) is 0 Å². The van der Waals surface area contributed by atoms with Crippen LogP contribution in [0.5, 0.6) is 5.88 Å². The molecule has 4 rings (SSSR count). The Kier molecular flexibility index (Phi) is 4.10. The molecule has 0 radical (unpaired) electrons. The Labute approximate surface area is 145 Å². The number of methoxy groups -OCH3 is 1. The number of ether oxygens (including phenoxy) is 1. The maximum atomic E-state index is 12.8. The average Bonchev–Trinajstić information content (AvgIpc) is 3.38. The number of anilines is 1. The Balaban J connectivity index is 1.42. The molecule has 2 aromatic heterocycles. The summed E-state index contributed by atoms with van der Waals surface area (Å²) in [7, 11) is 1.60. The Bertz CT molecular complexity index is 736. The van der Waals surface area contributed by atoms with Crippen molar-refractivity contribution in [3.05, 3.63) is 34.2 Å². The largest absolute Gasteiger partial charge is 0.481 e. The van der Waals surface area contributed by atoms with Crippen LogP contribution in [0.2, 0.25) is 0 Å². The number of amides is 1. The molecular weight excluding hydrogens is 324 g/mol. The van der Waals surface area contributed by atoms with Gasteiger partial charge in [0, 0.05) is 38.4 Å². The number of nitrogens with zero attached hydrogens (tertiary/aromatic N) is 4. The van der Waals surface area contributed by atoms with Crippen LogP contribution in [0.25, 0.3) is 0 Å². The van der Waals surface area contributed by atoms with Crippen molar-refractivity contribution in [2.75, 3.05) is 38.2 Å². The minimum atomic E-state index is 0.179. The van der Waals surface area contributed by atoms with E-state index < -0.39 is 0 Å². The minimum absolute atomic E-state index is 0.179. The van der Waals surface area contributed by atoms with Crippen molar-refractivity contribution in [1.82, 2.24) is 14.9 Å². The van der Waals surface area contributed by atoms with Crippen LogP contribution in [0.4, 0.5) is 5.95 Å². The number of piperazine rings is 1. The zero-order chi connectivity index (χ0) is 16.5. The molecule has 1 aliphatic carbocycles. The van der Waals surface area contributed by atoms with Gasteiger partial charge in [0.25, 0.3) is 5.91 Å². The standard InChI is InChI=1S/C17H20N4O2S/c1-23-14-4-6-18-17(19-14)21-9-7-20(8-10-21)16(22)15-13(5-11-24-15)12-2-3-12/h4-6,11-12H,2-3,7-10H2,1H3. The van der Waals surface area contributed by atoms with E-state index in [4.69, 9.17) is 4.74 Å². The van der Waals surface area contributed by atoms with E-state index in [2.05, 4.69) is 20.9 Å². The molecule has 0 N–H and O–H groups in total. The van der Waals surface area contributed by atoms with Crippen LogP contribution in [0.1, 0.15) is 34.0 Å². The van der Waals surface area contributed by atoms with Gasteiger partial charge in [-0.1, -0.05) is 0 Å². The summed E-state index contributed by atoms with van der Waals surface area (Å²) in [6, 6.07) is 3.86. The quantitative estimate of drug-likeness (QED) is 0.852. The van der Waals surface area contributed by atoms with Crippen LogP contribution in [-0.4, -0.2) is 54.1 Å². The molecule has 3 heterocycles. The highest BCUT2D eigenvalue weighted by Gasteiger charge is 2.31. The van der Waals surface area contributed by atoms with E-state index >= 15 is 0 Å². The van der Waals surface area contributed by atoms with Crippen molar-refractivity contribution in [3.63, 3.8) is 0 Å². The predicted octanol–water partition coefficient (Wildman–Crippen LogP) is 2.39. The van der Waals surface area contributed by atoms with Crippen molar-refractivity contribution in [2.45, 2.75) is 18.8 Å². The first-order valence-corrected chi connectivity index (χ1v) is 9.13. The highest BCUT2D eigenvalue weighted by atomic mass is 32.1. The molecule has 24 heavy (non-hydrogen) atoms. The first kappa shape index (κ1) is 15.4. The van der Waals surface area contributed by atoms with E-state index in [1.54, 1.807) is 30.7 Å². The van der Waals surface area contributed by atoms with E-state index in [0.717, 1.165) is 18.0 Å². The van der Waals surface area contributed by atoms with E-state index in [-0.39, 0.29) is 5.91 Å². The molecule has 2 aromatic rings. The smallest absolute Gasteiger partial charge is 0.264 e. The molecule has 0 spiro atoms. The van der Waals surface area contributed by atoms with Gasteiger partial charge in [-0.15, -0.1) is 11.3 Å². The second kappa shape index (κ2) is 6.39. The van der Waals surface area contributed by atoms with Gasteiger partial charge < -0.3 is 14.5 Å². The summed E-state index contributed by atoms with van der Waals surface area (Å²) < 4.78 is 5.15.